The van der Waals surface area contributed by atoms with Gasteiger partial charge in [-0.15, -0.1) is 0 Å². The van der Waals surface area contributed by atoms with Gasteiger partial charge in [0.1, 0.15) is 0 Å². The summed E-state index contributed by atoms with van der Waals surface area (Å²) in [6, 6.07) is 14.2. The minimum absolute atomic E-state index is 0.738. The van der Waals surface area contributed by atoms with E-state index < -0.39 is 0 Å². The molecule has 4 aromatic rings. The van der Waals surface area contributed by atoms with Crippen LogP contribution in [0.2, 0.25) is 0 Å². The molecule has 0 saturated heterocycles. The summed E-state index contributed by atoms with van der Waals surface area (Å²) in [7, 11) is 0. The normalized spacial score (nSPS) is 11.6. The second kappa shape index (κ2) is 3.53. The van der Waals surface area contributed by atoms with E-state index in [9.17, 15) is 0 Å². The number of imidazole rings is 1. The quantitative estimate of drug-likeness (QED) is 0.494. The largest absolute Gasteiger partial charge is 0.276 e. The van der Waals surface area contributed by atoms with Crippen LogP contribution >= 0.6 is 15.9 Å². The van der Waals surface area contributed by atoms with E-state index in [0.717, 1.165) is 32.2 Å². The Kier molecular flexibility index (Phi) is 1.96. The maximum Gasteiger partial charge on any atom is 0.235 e. The molecule has 0 radical (unpaired) electrons. The molecule has 3 nitrogen and oxygen atoms in total. The zero-order chi connectivity index (χ0) is 12.1. The SMILES string of the molecule is Brc1cccc2c1cnc1nc3ccccc3n12. The number of rotatable bonds is 0. The molecule has 0 aliphatic carbocycles. The Balaban J connectivity index is 2.37. The van der Waals surface area contributed by atoms with Crippen molar-refractivity contribution >= 4 is 43.6 Å². The molecule has 0 N–H and O–H groups in total. The number of hydrogen-bond acceptors (Lipinski definition) is 2. The van der Waals surface area contributed by atoms with E-state index >= 15 is 0 Å². The summed E-state index contributed by atoms with van der Waals surface area (Å²) >= 11 is 3.56. The van der Waals surface area contributed by atoms with Crippen LogP contribution in [-0.4, -0.2) is 14.4 Å². The van der Waals surface area contributed by atoms with Gasteiger partial charge in [0.2, 0.25) is 5.78 Å². The highest BCUT2D eigenvalue weighted by Crippen LogP contribution is 2.26. The Bertz CT molecular complexity index is 895. The lowest BCUT2D eigenvalue weighted by atomic mass is 10.2. The Hall–Kier alpha value is -1.94. The molecule has 0 aliphatic rings. The third-order valence-corrected chi connectivity index (χ3v) is 3.81. The van der Waals surface area contributed by atoms with Gasteiger partial charge in [0, 0.05) is 16.1 Å². The first-order valence-electron chi connectivity index (χ1n) is 5.65. The molecule has 0 amide bonds. The smallest absolute Gasteiger partial charge is 0.235 e. The third-order valence-electron chi connectivity index (χ3n) is 3.12. The van der Waals surface area contributed by atoms with Crippen LogP contribution in [-0.2, 0) is 0 Å². The summed E-state index contributed by atoms with van der Waals surface area (Å²) in [6.07, 6.45) is 1.86. The van der Waals surface area contributed by atoms with Crippen molar-refractivity contribution in [1.82, 2.24) is 14.4 Å². The van der Waals surface area contributed by atoms with Crippen molar-refractivity contribution in [3.63, 3.8) is 0 Å². The fraction of sp³-hybridized carbons (Fsp3) is 0. The Morgan fingerprint density at radius 2 is 1.78 bits per heavy atom. The van der Waals surface area contributed by atoms with Gasteiger partial charge in [-0.1, -0.05) is 34.1 Å². The highest BCUT2D eigenvalue weighted by molar-refractivity contribution is 9.10. The standard InChI is InChI=1S/C14H8BrN3/c15-10-4-3-7-12-9(10)8-16-14-17-11-5-1-2-6-13(11)18(12)14/h1-8H. The molecule has 4 rings (SSSR count). The van der Waals surface area contributed by atoms with Crippen molar-refractivity contribution in [3.05, 3.63) is 53.1 Å². The fourth-order valence-electron chi connectivity index (χ4n) is 2.31. The van der Waals surface area contributed by atoms with Crippen molar-refractivity contribution in [3.8, 4) is 0 Å². The molecule has 2 aromatic carbocycles. The van der Waals surface area contributed by atoms with Crippen LogP contribution in [0.4, 0.5) is 0 Å². The van der Waals surface area contributed by atoms with E-state index in [2.05, 4.69) is 42.4 Å². The Labute approximate surface area is 111 Å². The first-order chi connectivity index (χ1) is 8.84. The van der Waals surface area contributed by atoms with Gasteiger partial charge >= 0.3 is 0 Å². The van der Waals surface area contributed by atoms with E-state index in [0.29, 0.717) is 0 Å². The molecule has 0 spiro atoms. The lowest BCUT2D eigenvalue weighted by molar-refractivity contribution is 1.19. The number of aromatic nitrogens is 3. The number of benzene rings is 2. The maximum atomic E-state index is 4.53. The van der Waals surface area contributed by atoms with E-state index in [4.69, 9.17) is 0 Å². The highest BCUT2D eigenvalue weighted by atomic mass is 79.9. The summed E-state index contributed by atoms with van der Waals surface area (Å²) in [6.45, 7) is 0. The summed E-state index contributed by atoms with van der Waals surface area (Å²) < 4.78 is 3.14. The molecule has 0 fully saturated rings. The highest BCUT2D eigenvalue weighted by Gasteiger charge is 2.09. The third kappa shape index (κ3) is 1.24. The van der Waals surface area contributed by atoms with Crippen molar-refractivity contribution in [2.75, 3.05) is 0 Å². The van der Waals surface area contributed by atoms with E-state index in [1.807, 2.05) is 36.5 Å². The van der Waals surface area contributed by atoms with Crippen molar-refractivity contribution < 1.29 is 0 Å². The van der Waals surface area contributed by atoms with Gasteiger partial charge in [0.15, 0.2) is 0 Å². The zero-order valence-electron chi connectivity index (χ0n) is 9.34. The topological polar surface area (TPSA) is 30.2 Å². The molecular weight excluding hydrogens is 290 g/mol. The molecule has 2 aromatic heterocycles. The molecule has 0 aliphatic heterocycles. The Morgan fingerprint density at radius 1 is 0.944 bits per heavy atom. The van der Waals surface area contributed by atoms with Gasteiger partial charge in [0.25, 0.3) is 0 Å². The molecule has 0 bridgehead atoms. The van der Waals surface area contributed by atoms with Gasteiger partial charge in [-0.25, -0.2) is 9.97 Å². The number of fused-ring (bicyclic) bond motifs is 5. The molecule has 0 unspecified atom stereocenters. The molecule has 2 heterocycles. The predicted octanol–water partition coefficient (Wildman–Crippen LogP) is 3.80. The zero-order valence-corrected chi connectivity index (χ0v) is 10.9. The first-order valence-corrected chi connectivity index (χ1v) is 6.44. The van der Waals surface area contributed by atoms with E-state index in [1.54, 1.807) is 0 Å². The summed E-state index contributed by atoms with van der Waals surface area (Å²) in [5, 5.41) is 1.09. The van der Waals surface area contributed by atoms with Crippen molar-refractivity contribution in [1.29, 1.82) is 0 Å². The Morgan fingerprint density at radius 3 is 2.72 bits per heavy atom. The number of nitrogens with zero attached hydrogens (tertiary/aromatic N) is 3. The van der Waals surface area contributed by atoms with Gasteiger partial charge in [0.05, 0.1) is 16.6 Å². The van der Waals surface area contributed by atoms with Gasteiger partial charge in [-0.05, 0) is 24.3 Å². The van der Waals surface area contributed by atoms with Crippen LogP contribution in [0.3, 0.4) is 0 Å². The van der Waals surface area contributed by atoms with Gasteiger partial charge in [-0.2, -0.15) is 0 Å². The van der Waals surface area contributed by atoms with Crippen LogP contribution in [0.5, 0.6) is 0 Å². The molecular formula is C14H8BrN3. The molecule has 0 atom stereocenters. The number of para-hydroxylation sites is 2. The summed E-state index contributed by atoms with van der Waals surface area (Å²) in [5.74, 6) is 0.738. The number of halogens is 1. The maximum absolute atomic E-state index is 4.53. The average Bonchev–Trinajstić information content (AvgIpc) is 2.77. The molecule has 4 heteroatoms. The van der Waals surface area contributed by atoms with E-state index in [-0.39, 0.29) is 0 Å². The number of hydrogen-bond donors (Lipinski definition) is 0. The minimum Gasteiger partial charge on any atom is -0.276 e. The summed E-state index contributed by atoms with van der Waals surface area (Å²) in [5.41, 5.74) is 3.17. The van der Waals surface area contributed by atoms with Crippen LogP contribution in [0, 0.1) is 0 Å². The van der Waals surface area contributed by atoms with Crippen molar-refractivity contribution in [2.45, 2.75) is 0 Å². The molecule has 18 heavy (non-hydrogen) atoms. The van der Waals surface area contributed by atoms with Crippen LogP contribution in [0.15, 0.2) is 53.1 Å². The van der Waals surface area contributed by atoms with Crippen molar-refractivity contribution in [2.24, 2.45) is 0 Å². The van der Waals surface area contributed by atoms with Crippen LogP contribution < -0.4 is 0 Å². The second-order valence-corrected chi connectivity index (χ2v) is 5.02. The first kappa shape index (κ1) is 10.0. The van der Waals surface area contributed by atoms with Crippen LogP contribution in [0.1, 0.15) is 0 Å². The molecule has 86 valence electrons. The fourth-order valence-corrected chi connectivity index (χ4v) is 2.77. The van der Waals surface area contributed by atoms with Gasteiger partial charge < -0.3 is 0 Å². The minimum atomic E-state index is 0.738. The lowest BCUT2D eigenvalue weighted by Gasteiger charge is -2.03. The van der Waals surface area contributed by atoms with Crippen LogP contribution in [0.25, 0.3) is 27.7 Å². The summed E-state index contributed by atoms with van der Waals surface area (Å²) in [4.78, 5) is 8.96. The average molecular weight is 298 g/mol. The van der Waals surface area contributed by atoms with E-state index in [1.165, 1.54) is 0 Å². The molecule has 0 saturated carbocycles. The second-order valence-electron chi connectivity index (χ2n) is 4.17. The van der Waals surface area contributed by atoms with Gasteiger partial charge in [-0.3, -0.25) is 4.40 Å². The lowest BCUT2D eigenvalue weighted by Crippen LogP contribution is -1.91. The predicted molar refractivity (Wildman–Crippen MR) is 75.7 cm³/mol. The monoisotopic (exact) mass is 297 g/mol.